The van der Waals surface area contributed by atoms with Crippen molar-refractivity contribution in [1.82, 2.24) is 9.97 Å². The fraction of sp³-hybridized carbons (Fsp3) is 0.312. The van der Waals surface area contributed by atoms with Gasteiger partial charge in [0.1, 0.15) is 12.1 Å². The molecule has 2 aromatic rings. The van der Waals surface area contributed by atoms with Crippen LogP contribution >= 0.6 is 0 Å². The first-order valence-corrected chi connectivity index (χ1v) is 7.09. The lowest BCUT2D eigenvalue weighted by molar-refractivity contribution is -0.114. The number of hydrogen-bond donors (Lipinski definition) is 1. The summed E-state index contributed by atoms with van der Waals surface area (Å²) in [5, 5.41) is 2.75. The summed E-state index contributed by atoms with van der Waals surface area (Å²) in [7, 11) is 0. The molecule has 21 heavy (non-hydrogen) atoms. The zero-order valence-corrected chi connectivity index (χ0v) is 12.6. The number of aromatic nitrogens is 2. The van der Waals surface area contributed by atoms with E-state index in [-0.39, 0.29) is 5.91 Å². The zero-order valence-electron chi connectivity index (χ0n) is 12.6. The summed E-state index contributed by atoms with van der Waals surface area (Å²) >= 11 is 0. The average molecular weight is 284 g/mol. The molecule has 2 rings (SSSR count). The van der Waals surface area contributed by atoms with Crippen molar-refractivity contribution in [3.05, 3.63) is 36.7 Å². The number of nitrogens with one attached hydrogen (secondary N) is 1. The van der Waals surface area contributed by atoms with Crippen LogP contribution in [0.2, 0.25) is 0 Å². The lowest BCUT2D eigenvalue weighted by Gasteiger charge is -2.19. The number of anilines is 2. The Hall–Kier alpha value is -2.43. The molecule has 0 saturated heterocycles. The van der Waals surface area contributed by atoms with Gasteiger partial charge in [-0.25, -0.2) is 9.97 Å². The van der Waals surface area contributed by atoms with Gasteiger partial charge in [0.2, 0.25) is 5.91 Å². The van der Waals surface area contributed by atoms with Gasteiger partial charge in [0.05, 0.1) is 5.69 Å². The third-order valence-electron chi connectivity index (χ3n) is 3.24. The second-order valence-corrected chi connectivity index (χ2v) is 4.69. The monoisotopic (exact) mass is 284 g/mol. The molecule has 1 N–H and O–H groups in total. The van der Waals surface area contributed by atoms with E-state index in [9.17, 15) is 4.79 Å². The summed E-state index contributed by atoms with van der Waals surface area (Å²) in [6, 6.07) is 9.62. The molecule has 5 heteroatoms. The Morgan fingerprint density at radius 3 is 2.38 bits per heavy atom. The molecular weight excluding hydrogens is 264 g/mol. The molecule has 0 radical (unpaired) electrons. The lowest BCUT2D eigenvalue weighted by Crippen LogP contribution is -2.22. The highest BCUT2D eigenvalue weighted by Crippen LogP contribution is 2.22. The van der Waals surface area contributed by atoms with Crippen LogP contribution in [0.4, 0.5) is 11.5 Å². The second kappa shape index (κ2) is 6.83. The SMILES string of the molecule is CCN(CC)c1cc(-c2ccc(NC(C)=O)cc2)ncn1. The van der Waals surface area contributed by atoms with E-state index in [0.717, 1.165) is 35.9 Å². The Morgan fingerprint density at radius 1 is 1.14 bits per heavy atom. The Labute approximate surface area is 125 Å². The van der Waals surface area contributed by atoms with Crippen molar-refractivity contribution in [2.24, 2.45) is 0 Å². The largest absolute Gasteiger partial charge is 0.357 e. The normalized spacial score (nSPS) is 10.2. The molecule has 1 heterocycles. The van der Waals surface area contributed by atoms with E-state index < -0.39 is 0 Å². The van der Waals surface area contributed by atoms with E-state index in [1.165, 1.54) is 6.92 Å². The first kappa shape index (κ1) is 15.0. The lowest BCUT2D eigenvalue weighted by atomic mass is 10.1. The van der Waals surface area contributed by atoms with E-state index in [1.54, 1.807) is 6.33 Å². The Bertz CT molecular complexity index is 606. The molecular formula is C16H20N4O. The molecule has 0 spiro atoms. The molecule has 0 aliphatic carbocycles. The van der Waals surface area contributed by atoms with Crippen molar-refractivity contribution in [2.75, 3.05) is 23.3 Å². The van der Waals surface area contributed by atoms with Gasteiger partial charge < -0.3 is 10.2 Å². The summed E-state index contributed by atoms with van der Waals surface area (Å²) in [4.78, 5) is 21.8. The predicted molar refractivity (Wildman–Crippen MR) is 85.3 cm³/mol. The van der Waals surface area contributed by atoms with Crippen molar-refractivity contribution >= 4 is 17.4 Å². The van der Waals surface area contributed by atoms with Crippen molar-refractivity contribution in [2.45, 2.75) is 20.8 Å². The van der Waals surface area contributed by atoms with Gasteiger partial charge >= 0.3 is 0 Å². The number of rotatable bonds is 5. The number of benzene rings is 1. The highest BCUT2D eigenvalue weighted by Gasteiger charge is 2.07. The minimum Gasteiger partial charge on any atom is -0.357 e. The minimum absolute atomic E-state index is 0.0754. The number of carbonyl (C=O) groups is 1. The third kappa shape index (κ3) is 3.78. The number of hydrogen-bond acceptors (Lipinski definition) is 4. The van der Waals surface area contributed by atoms with Crippen LogP contribution in [0.15, 0.2) is 36.7 Å². The Kier molecular flexibility index (Phi) is 4.87. The molecule has 1 aromatic heterocycles. The summed E-state index contributed by atoms with van der Waals surface area (Å²) < 4.78 is 0. The van der Waals surface area contributed by atoms with E-state index in [1.807, 2.05) is 30.3 Å². The van der Waals surface area contributed by atoms with Crippen molar-refractivity contribution in [3.8, 4) is 11.3 Å². The van der Waals surface area contributed by atoms with Gasteiger partial charge in [-0.05, 0) is 26.0 Å². The number of carbonyl (C=O) groups excluding carboxylic acids is 1. The van der Waals surface area contributed by atoms with Crippen LogP contribution in [0, 0.1) is 0 Å². The van der Waals surface area contributed by atoms with Crippen LogP contribution < -0.4 is 10.2 Å². The summed E-state index contributed by atoms with van der Waals surface area (Å²) in [5.74, 6) is 0.851. The molecule has 0 unspecified atom stereocenters. The number of nitrogens with zero attached hydrogens (tertiary/aromatic N) is 3. The maximum absolute atomic E-state index is 11.0. The highest BCUT2D eigenvalue weighted by atomic mass is 16.1. The molecule has 0 aliphatic heterocycles. The van der Waals surface area contributed by atoms with Crippen molar-refractivity contribution in [1.29, 1.82) is 0 Å². The van der Waals surface area contributed by atoms with Crippen molar-refractivity contribution < 1.29 is 4.79 Å². The van der Waals surface area contributed by atoms with Gasteiger partial charge in [0.25, 0.3) is 0 Å². The smallest absolute Gasteiger partial charge is 0.221 e. The van der Waals surface area contributed by atoms with Gasteiger partial charge in [0.15, 0.2) is 0 Å². The molecule has 5 nitrogen and oxygen atoms in total. The fourth-order valence-electron chi connectivity index (χ4n) is 2.15. The molecule has 0 saturated carbocycles. The minimum atomic E-state index is -0.0754. The van der Waals surface area contributed by atoms with Gasteiger partial charge in [-0.3, -0.25) is 4.79 Å². The molecule has 1 aromatic carbocycles. The van der Waals surface area contributed by atoms with Crippen LogP contribution in [0.5, 0.6) is 0 Å². The van der Waals surface area contributed by atoms with Crippen LogP contribution in [0.1, 0.15) is 20.8 Å². The molecule has 110 valence electrons. The van der Waals surface area contributed by atoms with Gasteiger partial charge in [0, 0.05) is 37.3 Å². The molecule has 0 atom stereocenters. The van der Waals surface area contributed by atoms with Gasteiger partial charge in [-0.2, -0.15) is 0 Å². The first-order valence-electron chi connectivity index (χ1n) is 7.09. The van der Waals surface area contributed by atoms with Crippen LogP contribution in [-0.4, -0.2) is 29.0 Å². The van der Waals surface area contributed by atoms with Crippen molar-refractivity contribution in [3.63, 3.8) is 0 Å². The van der Waals surface area contributed by atoms with Gasteiger partial charge in [-0.1, -0.05) is 12.1 Å². The maximum atomic E-state index is 11.0. The summed E-state index contributed by atoms with van der Waals surface area (Å²) in [6.45, 7) is 7.53. The first-order chi connectivity index (χ1) is 10.1. The average Bonchev–Trinajstić information content (AvgIpc) is 2.49. The molecule has 1 amide bonds. The fourth-order valence-corrected chi connectivity index (χ4v) is 2.15. The topological polar surface area (TPSA) is 58.1 Å². The maximum Gasteiger partial charge on any atom is 0.221 e. The summed E-state index contributed by atoms with van der Waals surface area (Å²) in [5.41, 5.74) is 2.66. The van der Waals surface area contributed by atoms with E-state index in [4.69, 9.17) is 0 Å². The van der Waals surface area contributed by atoms with Crippen LogP contribution in [0.25, 0.3) is 11.3 Å². The molecule has 0 bridgehead atoms. The zero-order chi connectivity index (χ0) is 15.2. The summed E-state index contributed by atoms with van der Waals surface area (Å²) in [6.07, 6.45) is 1.59. The van der Waals surface area contributed by atoms with Crippen LogP contribution in [0.3, 0.4) is 0 Å². The number of amides is 1. The molecule has 0 fully saturated rings. The van der Waals surface area contributed by atoms with Crippen LogP contribution in [-0.2, 0) is 4.79 Å². The van der Waals surface area contributed by atoms with E-state index >= 15 is 0 Å². The van der Waals surface area contributed by atoms with Gasteiger partial charge in [-0.15, -0.1) is 0 Å². The predicted octanol–water partition coefficient (Wildman–Crippen LogP) is 2.95. The second-order valence-electron chi connectivity index (χ2n) is 4.69. The molecule has 0 aliphatic rings. The standard InChI is InChI=1S/C16H20N4O/c1-4-20(5-2)16-10-15(17-11-18-16)13-6-8-14(9-7-13)19-12(3)21/h6-11H,4-5H2,1-3H3,(H,19,21). The quantitative estimate of drug-likeness (QED) is 0.917. The Balaban J connectivity index is 2.25. The van der Waals surface area contributed by atoms with E-state index in [0.29, 0.717) is 0 Å². The van der Waals surface area contributed by atoms with E-state index in [2.05, 4.69) is 34.0 Å². The highest BCUT2D eigenvalue weighted by molar-refractivity contribution is 5.88. The third-order valence-corrected chi connectivity index (χ3v) is 3.24. The Morgan fingerprint density at radius 2 is 1.81 bits per heavy atom.